The van der Waals surface area contributed by atoms with Crippen molar-refractivity contribution in [1.82, 2.24) is 0 Å². The number of aromatic carboxylic acids is 1. The van der Waals surface area contributed by atoms with Crippen LogP contribution in [0.3, 0.4) is 0 Å². The molecule has 0 atom stereocenters. The predicted octanol–water partition coefficient (Wildman–Crippen LogP) is 1.94. The molecule has 6 heteroatoms. The molecule has 1 N–H and O–H groups in total. The van der Waals surface area contributed by atoms with Crippen LogP contribution in [-0.2, 0) is 14.6 Å². The lowest BCUT2D eigenvalue weighted by Gasteiger charge is -2.08. The average molecular weight is 282 g/mol. The molecule has 0 aliphatic carbocycles. The Balaban J connectivity index is 2.39. The molecular formula is C13H14O5S. The molecule has 5 nitrogen and oxygen atoms in total. The van der Waals surface area contributed by atoms with E-state index < -0.39 is 15.8 Å². The van der Waals surface area contributed by atoms with Crippen molar-refractivity contribution in [2.75, 3.05) is 6.61 Å². The number of rotatable bonds is 4. The Morgan fingerprint density at radius 1 is 1.37 bits per heavy atom. The van der Waals surface area contributed by atoms with E-state index in [1.165, 1.54) is 24.3 Å². The standard InChI is InChI=1S/C13H14O5S/c1-8(2)18-7-11-5-9-3-4-10(13(14)15)6-12(9)19(11,16)17/h3-6,8H,7H2,1-2H3,(H,14,15). The molecule has 1 aromatic carbocycles. The zero-order valence-corrected chi connectivity index (χ0v) is 11.4. The van der Waals surface area contributed by atoms with Crippen LogP contribution < -0.4 is 0 Å². The van der Waals surface area contributed by atoms with Gasteiger partial charge in [-0.15, -0.1) is 0 Å². The van der Waals surface area contributed by atoms with Crippen LogP contribution in [0.1, 0.15) is 29.8 Å². The normalized spacial score (nSPS) is 16.3. The molecule has 102 valence electrons. The van der Waals surface area contributed by atoms with E-state index in [0.29, 0.717) is 5.56 Å². The van der Waals surface area contributed by atoms with Crippen molar-refractivity contribution in [2.45, 2.75) is 24.8 Å². The van der Waals surface area contributed by atoms with Crippen LogP contribution in [0.5, 0.6) is 0 Å². The highest BCUT2D eigenvalue weighted by atomic mass is 32.2. The lowest BCUT2D eigenvalue weighted by atomic mass is 10.1. The van der Waals surface area contributed by atoms with Gasteiger partial charge in [-0.1, -0.05) is 6.07 Å². The Labute approximate surface area is 111 Å². The minimum Gasteiger partial charge on any atom is -0.478 e. The van der Waals surface area contributed by atoms with E-state index in [2.05, 4.69) is 0 Å². The third-order valence-electron chi connectivity index (χ3n) is 2.77. The van der Waals surface area contributed by atoms with Crippen molar-refractivity contribution in [3.63, 3.8) is 0 Å². The summed E-state index contributed by atoms with van der Waals surface area (Å²) in [5.74, 6) is -1.15. The van der Waals surface area contributed by atoms with Gasteiger partial charge in [0.1, 0.15) is 0 Å². The summed E-state index contributed by atoms with van der Waals surface area (Å²) in [6, 6.07) is 4.07. The lowest BCUT2D eigenvalue weighted by Crippen LogP contribution is -2.11. The van der Waals surface area contributed by atoms with Gasteiger partial charge in [-0.25, -0.2) is 13.2 Å². The second kappa shape index (κ2) is 4.79. The van der Waals surface area contributed by atoms with Gasteiger partial charge < -0.3 is 9.84 Å². The monoisotopic (exact) mass is 282 g/mol. The lowest BCUT2D eigenvalue weighted by molar-refractivity contribution is 0.0696. The first-order valence-corrected chi connectivity index (χ1v) is 7.25. The zero-order valence-electron chi connectivity index (χ0n) is 10.6. The second-order valence-corrected chi connectivity index (χ2v) is 6.50. The van der Waals surface area contributed by atoms with Crippen LogP contribution in [0.4, 0.5) is 0 Å². The Hall–Kier alpha value is -1.66. The van der Waals surface area contributed by atoms with Gasteiger partial charge in [0.15, 0.2) is 0 Å². The molecule has 2 rings (SSSR count). The number of carbonyl (C=O) groups is 1. The molecule has 0 spiro atoms. The van der Waals surface area contributed by atoms with Crippen molar-refractivity contribution < 1.29 is 23.1 Å². The third-order valence-corrected chi connectivity index (χ3v) is 4.63. The summed E-state index contributed by atoms with van der Waals surface area (Å²) < 4.78 is 29.8. The van der Waals surface area contributed by atoms with Gasteiger partial charge in [0.05, 0.1) is 28.1 Å². The number of benzene rings is 1. The fourth-order valence-electron chi connectivity index (χ4n) is 1.78. The van der Waals surface area contributed by atoms with Gasteiger partial charge in [-0.3, -0.25) is 0 Å². The van der Waals surface area contributed by atoms with Crippen LogP contribution in [0, 0.1) is 0 Å². The summed E-state index contributed by atoms with van der Waals surface area (Å²) in [5.41, 5.74) is 0.467. The highest BCUT2D eigenvalue weighted by Crippen LogP contribution is 2.33. The molecule has 19 heavy (non-hydrogen) atoms. The molecule has 0 saturated carbocycles. The van der Waals surface area contributed by atoms with E-state index in [4.69, 9.17) is 9.84 Å². The molecule has 0 fully saturated rings. The van der Waals surface area contributed by atoms with Crippen LogP contribution in [0.25, 0.3) is 6.08 Å². The van der Waals surface area contributed by atoms with Crippen LogP contribution in [-0.4, -0.2) is 32.2 Å². The minimum atomic E-state index is -3.63. The van der Waals surface area contributed by atoms with E-state index in [9.17, 15) is 13.2 Å². The number of hydrogen-bond donors (Lipinski definition) is 1. The van der Waals surface area contributed by atoms with Gasteiger partial charge in [0, 0.05) is 0 Å². The third kappa shape index (κ3) is 2.54. The Bertz CT molecular complexity index is 656. The molecular weight excluding hydrogens is 268 g/mol. The first kappa shape index (κ1) is 13.8. The topological polar surface area (TPSA) is 80.7 Å². The average Bonchev–Trinajstić information content (AvgIpc) is 2.58. The van der Waals surface area contributed by atoms with Crippen molar-refractivity contribution in [3.05, 3.63) is 34.2 Å². The van der Waals surface area contributed by atoms with Crippen molar-refractivity contribution in [1.29, 1.82) is 0 Å². The summed E-state index contributed by atoms with van der Waals surface area (Å²) in [6.45, 7) is 3.63. The zero-order chi connectivity index (χ0) is 14.2. The maximum absolute atomic E-state index is 12.2. The summed E-state index contributed by atoms with van der Waals surface area (Å²) in [4.78, 5) is 11.1. The summed E-state index contributed by atoms with van der Waals surface area (Å²) in [6.07, 6.45) is 1.45. The van der Waals surface area contributed by atoms with Crippen molar-refractivity contribution >= 4 is 21.9 Å². The minimum absolute atomic E-state index is 0.00289. The van der Waals surface area contributed by atoms with Gasteiger partial charge in [0.25, 0.3) is 0 Å². The van der Waals surface area contributed by atoms with Crippen LogP contribution >= 0.6 is 0 Å². The molecule has 0 unspecified atom stereocenters. The molecule has 1 aromatic rings. The van der Waals surface area contributed by atoms with Crippen molar-refractivity contribution in [3.8, 4) is 0 Å². The summed E-state index contributed by atoms with van der Waals surface area (Å²) >= 11 is 0. The predicted molar refractivity (Wildman–Crippen MR) is 69.7 cm³/mol. The summed E-state index contributed by atoms with van der Waals surface area (Å²) in [7, 11) is -3.63. The maximum Gasteiger partial charge on any atom is 0.335 e. The Morgan fingerprint density at radius 2 is 2.05 bits per heavy atom. The maximum atomic E-state index is 12.2. The van der Waals surface area contributed by atoms with E-state index in [1.54, 1.807) is 0 Å². The highest BCUT2D eigenvalue weighted by molar-refractivity contribution is 7.95. The second-order valence-electron chi connectivity index (χ2n) is 4.53. The van der Waals surface area contributed by atoms with E-state index in [1.807, 2.05) is 13.8 Å². The fourth-order valence-corrected chi connectivity index (χ4v) is 3.29. The Kier molecular flexibility index (Phi) is 3.47. The Morgan fingerprint density at radius 3 is 2.63 bits per heavy atom. The number of fused-ring (bicyclic) bond motifs is 1. The number of ether oxygens (including phenoxy) is 1. The summed E-state index contributed by atoms with van der Waals surface area (Å²) in [5, 5.41) is 8.89. The number of sulfone groups is 1. The van der Waals surface area contributed by atoms with E-state index >= 15 is 0 Å². The fraction of sp³-hybridized carbons (Fsp3) is 0.308. The quantitative estimate of drug-likeness (QED) is 0.912. The SMILES string of the molecule is CC(C)OCC1=Cc2ccc(C(=O)O)cc2S1(=O)=O. The molecule has 0 bridgehead atoms. The largest absolute Gasteiger partial charge is 0.478 e. The first-order chi connectivity index (χ1) is 8.82. The number of hydrogen-bond acceptors (Lipinski definition) is 4. The molecule has 1 heterocycles. The van der Waals surface area contributed by atoms with Gasteiger partial charge >= 0.3 is 5.97 Å². The molecule has 0 amide bonds. The highest BCUT2D eigenvalue weighted by Gasteiger charge is 2.30. The van der Waals surface area contributed by atoms with Crippen LogP contribution in [0.15, 0.2) is 28.0 Å². The molecule has 1 aliphatic heterocycles. The molecule has 0 saturated heterocycles. The van der Waals surface area contributed by atoms with E-state index in [-0.39, 0.29) is 28.1 Å². The van der Waals surface area contributed by atoms with Gasteiger partial charge in [-0.2, -0.15) is 0 Å². The van der Waals surface area contributed by atoms with Gasteiger partial charge in [-0.05, 0) is 37.6 Å². The molecule has 0 aromatic heterocycles. The first-order valence-electron chi connectivity index (χ1n) is 5.77. The number of carboxylic acid groups (broad SMARTS) is 1. The molecule has 0 radical (unpaired) electrons. The number of carboxylic acids is 1. The van der Waals surface area contributed by atoms with E-state index in [0.717, 1.165) is 0 Å². The smallest absolute Gasteiger partial charge is 0.335 e. The van der Waals surface area contributed by atoms with Crippen LogP contribution in [0.2, 0.25) is 0 Å². The van der Waals surface area contributed by atoms with Gasteiger partial charge in [0.2, 0.25) is 9.84 Å². The molecule has 1 aliphatic rings. The van der Waals surface area contributed by atoms with Crippen molar-refractivity contribution in [2.24, 2.45) is 0 Å².